The molecule has 0 aliphatic heterocycles. The summed E-state index contributed by atoms with van der Waals surface area (Å²) < 4.78 is 0. The van der Waals surface area contributed by atoms with Crippen molar-refractivity contribution in [2.24, 2.45) is 5.92 Å². The highest BCUT2D eigenvalue weighted by atomic mass is 32.1. The Bertz CT molecular complexity index is 275. The van der Waals surface area contributed by atoms with Crippen molar-refractivity contribution < 1.29 is 5.11 Å². The zero-order valence-electron chi connectivity index (χ0n) is 9.49. The van der Waals surface area contributed by atoms with Gasteiger partial charge in [0, 0.05) is 24.2 Å². The molecular formula is C11H20N2OS. The number of hydrogen-bond donors (Lipinski definition) is 2. The van der Waals surface area contributed by atoms with E-state index < -0.39 is 0 Å². The monoisotopic (exact) mass is 228 g/mol. The van der Waals surface area contributed by atoms with Crippen LogP contribution in [0, 0.1) is 12.8 Å². The summed E-state index contributed by atoms with van der Waals surface area (Å²) in [7, 11) is 0. The van der Waals surface area contributed by atoms with Crippen molar-refractivity contribution in [1.82, 2.24) is 10.3 Å². The first kappa shape index (κ1) is 12.6. The lowest BCUT2D eigenvalue weighted by Crippen LogP contribution is -2.22. The highest BCUT2D eigenvalue weighted by Crippen LogP contribution is 2.09. The summed E-state index contributed by atoms with van der Waals surface area (Å²) in [5.41, 5.74) is 1.10. The maximum Gasteiger partial charge on any atom is 0.107 e. The molecule has 0 saturated heterocycles. The first-order valence-electron chi connectivity index (χ1n) is 5.48. The van der Waals surface area contributed by atoms with Crippen LogP contribution >= 0.6 is 11.3 Å². The summed E-state index contributed by atoms with van der Waals surface area (Å²) in [4.78, 5) is 4.39. The number of aryl methyl sites for hydroxylation is 1. The highest BCUT2D eigenvalue weighted by molar-refractivity contribution is 7.09. The molecule has 1 heterocycles. The van der Waals surface area contributed by atoms with Crippen molar-refractivity contribution in [2.75, 3.05) is 13.2 Å². The van der Waals surface area contributed by atoms with Crippen molar-refractivity contribution in [2.45, 2.75) is 33.2 Å². The van der Waals surface area contributed by atoms with Gasteiger partial charge in [0.2, 0.25) is 0 Å². The standard InChI is InChI=1S/C11H20N2OS/c1-3-10(4-5-14)6-12-7-11-13-9(2)8-15-11/h8,10,12,14H,3-7H2,1-2H3. The molecule has 4 heteroatoms. The Balaban J connectivity index is 2.20. The molecule has 1 aromatic rings. The lowest BCUT2D eigenvalue weighted by atomic mass is 10.0. The summed E-state index contributed by atoms with van der Waals surface area (Å²) in [5, 5.41) is 15.5. The van der Waals surface area contributed by atoms with Crippen LogP contribution < -0.4 is 5.32 Å². The molecule has 0 aliphatic rings. The van der Waals surface area contributed by atoms with Crippen molar-refractivity contribution in [3.63, 3.8) is 0 Å². The van der Waals surface area contributed by atoms with Crippen LogP contribution in [0.4, 0.5) is 0 Å². The number of rotatable bonds is 7. The molecule has 0 aromatic carbocycles. The Morgan fingerprint density at radius 2 is 2.40 bits per heavy atom. The van der Waals surface area contributed by atoms with Crippen LogP contribution in [0.1, 0.15) is 30.5 Å². The second-order valence-electron chi connectivity index (χ2n) is 3.80. The van der Waals surface area contributed by atoms with Gasteiger partial charge in [-0.3, -0.25) is 0 Å². The number of aromatic nitrogens is 1. The maximum atomic E-state index is 8.85. The van der Waals surface area contributed by atoms with E-state index >= 15 is 0 Å². The van der Waals surface area contributed by atoms with Crippen molar-refractivity contribution in [3.8, 4) is 0 Å². The minimum Gasteiger partial charge on any atom is -0.396 e. The van der Waals surface area contributed by atoms with E-state index in [1.807, 2.05) is 6.92 Å². The molecule has 1 rings (SSSR count). The van der Waals surface area contributed by atoms with Gasteiger partial charge in [0.05, 0.1) is 0 Å². The Kier molecular flexibility index (Phi) is 5.83. The number of aliphatic hydroxyl groups is 1. The van der Waals surface area contributed by atoms with Crippen molar-refractivity contribution in [1.29, 1.82) is 0 Å². The van der Waals surface area contributed by atoms with Crippen LogP contribution in [0.25, 0.3) is 0 Å². The summed E-state index contributed by atoms with van der Waals surface area (Å²) in [6, 6.07) is 0. The van der Waals surface area contributed by atoms with Gasteiger partial charge >= 0.3 is 0 Å². The van der Waals surface area contributed by atoms with Gasteiger partial charge < -0.3 is 10.4 Å². The summed E-state index contributed by atoms with van der Waals surface area (Å²) in [6.45, 7) is 6.28. The Morgan fingerprint density at radius 3 is 2.93 bits per heavy atom. The average Bonchev–Trinajstić information content (AvgIpc) is 2.63. The van der Waals surface area contributed by atoms with Crippen LogP contribution in [0.5, 0.6) is 0 Å². The van der Waals surface area contributed by atoms with E-state index in [2.05, 4.69) is 22.6 Å². The van der Waals surface area contributed by atoms with Crippen LogP contribution in [-0.4, -0.2) is 23.2 Å². The topological polar surface area (TPSA) is 45.1 Å². The minimum atomic E-state index is 0.288. The predicted molar refractivity (Wildman–Crippen MR) is 64.0 cm³/mol. The van der Waals surface area contributed by atoms with E-state index in [9.17, 15) is 0 Å². The van der Waals surface area contributed by atoms with E-state index in [4.69, 9.17) is 5.11 Å². The van der Waals surface area contributed by atoms with Crippen molar-refractivity contribution >= 4 is 11.3 Å². The predicted octanol–water partition coefficient (Wildman–Crippen LogP) is 1.95. The zero-order valence-corrected chi connectivity index (χ0v) is 10.3. The fourth-order valence-electron chi connectivity index (χ4n) is 1.50. The van der Waals surface area contributed by atoms with Gasteiger partial charge in [0.1, 0.15) is 5.01 Å². The Morgan fingerprint density at radius 1 is 1.60 bits per heavy atom. The number of hydrogen-bond acceptors (Lipinski definition) is 4. The van der Waals surface area contributed by atoms with Gasteiger partial charge in [0.25, 0.3) is 0 Å². The smallest absolute Gasteiger partial charge is 0.107 e. The molecule has 0 saturated carbocycles. The van der Waals surface area contributed by atoms with Crippen LogP contribution in [-0.2, 0) is 6.54 Å². The second kappa shape index (κ2) is 6.93. The number of thiazole rings is 1. The fourth-order valence-corrected chi connectivity index (χ4v) is 2.24. The molecule has 2 N–H and O–H groups in total. The minimum absolute atomic E-state index is 0.288. The zero-order chi connectivity index (χ0) is 11.1. The molecule has 0 radical (unpaired) electrons. The molecule has 1 atom stereocenters. The maximum absolute atomic E-state index is 8.85. The van der Waals surface area contributed by atoms with E-state index in [-0.39, 0.29) is 6.61 Å². The molecule has 3 nitrogen and oxygen atoms in total. The molecule has 86 valence electrons. The van der Waals surface area contributed by atoms with E-state index in [1.165, 1.54) is 0 Å². The third kappa shape index (κ3) is 4.73. The lowest BCUT2D eigenvalue weighted by Gasteiger charge is -2.13. The highest BCUT2D eigenvalue weighted by Gasteiger charge is 2.05. The first-order valence-corrected chi connectivity index (χ1v) is 6.36. The number of nitrogens with zero attached hydrogens (tertiary/aromatic N) is 1. The normalized spacial score (nSPS) is 13.0. The van der Waals surface area contributed by atoms with Gasteiger partial charge in [-0.05, 0) is 25.8 Å². The van der Waals surface area contributed by atoms with Gasteiger partial charge in [-0.1, -0.05) is 13.3 Å². The lowest BCUT2D eigenvalue weighted by molar-refractivity contribution is 0.251. The quantitative estimate of drug-likeness (QED) is 0.750. The van der Waals surface area contributed by atoms with Gasteiger partial charge in [-0.2, -0.15) is 0 Å². The van der Waals surface area contributed by atoms with E-state index in [0.29, 0.717) is 5.92 Å². The third-order valence-corrected chi connectivity index (χ3v) is 3.46. The van der Waals surface area contributed by atoms with Crippen LogP contribution in [0.2, 0.25) is 0 Å². The third-order valence-electron chi connectivity index (χ3n) is 2.49. The van der Waals surface area contributed by atoms with Crippen LogP contribution in [0.3, 0.4) is 0 Å². The SMILES string of the molecule is CCC(CCO)CNCc1nc(C)cs1. The van der Waals surface area contributed by atoms with Gasteiger partial charge in [0.15, 0.2) is 0 Å². The van der Waals surface area contributed by atoms with Crippen LogP contribution in [0.15, 0.2) is 5.38 Å². The molecule has 0 aliphatic carbocycles. The van der Waals surface area contributed by atoms with Gasteiger partial charge in [-0.25, -0.2) is 4.98 Å². The molecule has 0 bridgehead atoms. The van der Waals surface area contributed by atoms with E-state index in [1.54, 1.807) is 11.3 Å². The summed E-state index contributed by atoms with van der Waals surface area (Å²) in [5.74, 6) is 0.580. The Hall–Kier alpha value is -0.450. The molecular weight excluding hydrogens is 208 g/mol. The van der Waals surface area contributed by atoms with E-state index in [0.717, 1.165) is 36.6 Å². The molecule has 1 aromatic heterocycles. The average molecular weight is 228 g/mol. The summed E-state index contributed by atoms with van der Waals surface area (Å²) >= 11 is 1.70. The molecule has 0 spiro atoms. The largest absolute Gasteiger partial charge is 0.396 e. The van der Waals surface area contributed by atoms with Crippen molar-refractivity contribution in [3.05, 3.63) is 16.1 Å². The van der Waals surface area contributed by atoms with Gasteiger partial charge in [-0.15, -0.1) is 11.3 Å². The number of aliphatic hydroxyl groups excluding tert-OH is 1. The summed E-state index contributed by atoms with van der Waals surface area (Å²) in [6.07, 6.45) is 2.00. The molecule has 0 amide bonds. The Labute approximate surface area is 95.6 Å². The molecule has 1 unspecified atom stereocenters. The first-order chi connectivity index (χ1) is 7.26. The molecule has 0 fully saturated rings. The number of nitrogens with one attached hydrogen (secondary N) is 1. The second-order valence-corrected chi connectivity index (χ2v) is 4.74. The fraction of sp³-hybridized carbons (Fsp3) is 0.727. The molecule has 15 heavy (non-hydrogen) atoms.